The summed E-state index contributed by atoms with van der Waals surface area (Å²) < 4.78 is 8.36. The van der Waals surface area contributed by atoms with E-state index in [0.29, 0.717) is 29.1 Å². The van der Waals surface area contributed by atoms with Crippen LogP contribution in [0.2, 0.25) is 5.02 Å². The Morgan fingerprint density at radius 2 is 1.75 bits per heavy atom. The number of pyridine rings is 1. The number of urea groups is 1. The number of carbonyl (C=O) groups excluding carboxylic acids is 1. The highest BCUT2D eigenvalue weighted by atomic mass is 35.5. The smallest absolute Gasteiger partial charge is 0.332 e. The molecule has 0 radical (unpaired) electrons. The van der Waals surface area contributed by atoms with Gasteiger partial charge in [-0.1, -0.05) is 41.9 Å². The van der Waals surface area contributed by atoms with Gasteiger partial charge in [0.15, 0.2) is 5.65 Å². The zero-order valence-corrected chi connectivity index (χ0v) is 30.5. The molecule has 2 saturated heterocycles. The lowest BCUT2D eigenvalue weighted by Crippen LogP contribution is -2.59. The van der Waals surface area contributed by atoms with Gasteiger partial charge in [-0.3, -0.25) is 18.8 Å². The Bertz CT molecular complexity index is 2430. The molecule has 268 valence electrons. The number of aromatic nitrogens is 5. The molecule has 1 spiro atoms. The number of aryl methyl sites for hydroxylation is 3. The van der Waals surface area contributed by atoms with Gasteiger partial charge in [-0.25, -0.2) is 24.5 Å². The topological polar surface area (TPSA) is 148 Å². The van der Waals surface area contributed by atoms with Gasteiger partial charge < -0.3 is 20.7 Å². The molecule has 2 aliphatic heterocycles. The first-order valence-corrected chi connectivity index (χ1v) is 17.8. The van der Waals surface area contributed by atoms with Crippen LogP contribution in [0.4, 0.5) is 16.3 Å². The molecule has 52 heavy (non-hydrogen) atoms. The summed E-state index contributed by atoms with van der Waals surface area (Å²) in [5, 5.41) is 10.2. The van der Waals surface area contributed by atoms with Crippen molar-refractivity contribution in [1.29, 1.82) is 0 Å². The highest BCUT2D eigenvalue weighted by Gasteiger charge is 2.45. The number of amides is 2. The van der Waals surface area contributed by atoms with Crippen LogP contribution in [0, 0.1) is 13.8 Å². The number of nitrogens with zero attached hydrogens (tertiary/aromatic N) is 6. The molecule has 1 aliphatic carbocycles. The SMILES string of the molecule is COc1nc(-c2cccc(-c3cccc(Nc4nc(C)nc5c4c(=O)n(C)c(=O)n5C)c3C)c2Cl)cc2c1[C@@H](N1CC[C@]3(CCNC(=O)N3)C1)CC2. The van der Waals surface area contributed by atoms with Crippen molar-refractivity contribution in [2.45, 2.75) is 51.1 Å². The number of methoxy groups -OCH3 is 1. The van der Waals surface area contributed by atoms with Gasteiger partial charge in [0.25, 0.3) is 5.56 Å². The molecule has 2 fully saturated rings. The van der Waals surface area contributed by atoms with Gasteiger partial charge in [0.2, 0.25) is 5.88 Å². The molecule has 3 aromatic heterocycles. The average Bonchev–Trinajstić information content (AvgIpc) is 3.74. The van der Waals surface area contributed by atoms with Crippen molar-refractivity contribution in [3.05, 3.63) is 90.8 Å². The minimum absolute atomic E-state index is 0.0863. The monoisotopic (exact) mass is 721 g/mol. The van der Waals surface area contributed by atoms with Crippen LogP contribution in [0.25, 0.3) is 33.4 Å². The van der Waals surface area contributed by atoms with E-state index in [9.17, 15) is 14.4 Å². The van der Waals surface area contributed by atoms with E-state index in [-0.39, 0.29) is 28.6 Å². The first-order chi connectivity index (χ1) is 25.0. The Morgan fingerprint density at radius 3 is 2.54 bits per heavy atom. The molecule has 2 atom stereocenters. The van der Waals surface area contributed by atoms with Gasteiger partial charge in [-0.15, -0.1) is 0 Å². The summed E-state index contributed by atoms with van der Waals surface area (Å²) in [7, 11) is 4.69. The van der Waals surface area contributed by atoms with Crippen LogP contribution in [0.5, 0.6) is 5.88 Å². The quantitative estimate of drug-likeness (QED) is 0.222. The zero-order valence-electron chi connectivity index (χ0n) is 29.8. The number of fused-ring (bicyclic) bond motifs is 2. The summed E-state index contributed by atoms with van der Waals surface area (Å²) in [4.78, 5) is 54.5. The molecule has 2 aromatic carbocycles. The third kappa shape index (κ3) is 5.50. The molecule has 14 heteroatoms. The van der Waals surface area contributed by atoms with E-state index < -0.39 is 11.2 Å². The summed E-state index contributed by atoms with van der Waals surface area (Å²) in [5.74, 6) is 1.34. The lowest BCUT2D eigenvalue weighted by Gasteiger charge is -2.36. The van der Waals surface area contributed by atoms with Crippen LogP contribution in [0.1, 0.15) is 47.8 Å². The van der Waals surface area contributed by atoms with Crippen molar-refractivity contribution in [3.63, 3.8) is 0 Å². The van der Waals surface area contributed by atoms with Crippen molar-refractivity contribution in [2.24, 2.45) is 14.1 Å². The Morgan fingerprint density at radius 1 is 0.981 bits per heavy atom. The van der Waals surface area contributed by atoms with Crippen LogP contribution in [-0.2, 0) is 20.5 Å². The second kappa shape index (κ2) is 12.7. The predicted molar refractivity (Wildman–Crippen MR) is 201 cm³/mol. The van der Waals surface area contributed by atoms with Gasteiger partial charge >= 0.3 is 11.7 Å². The Labute approximate surface area is 305 Å². The zero-order chi connectivity index (χ0) is 36.5. The van der Waals surface area contributed by atoms with E-state index in [1.807, 2.05) is 43.3 Å². The first-order valence-electron chi connectivity index (χ1n) is 17.5. The molecule has 13 nitrogen and oxygen atoms in total. The number of carbonyl (C=O) groups is 1. The minimum Gasteiger partial charge on any atom is -0.481 e. The number of anilines is 2. The van der Waals surface area contributed by atoms with Gasteiger partial charge in [-0.2, -0.15) is 0 Å². The highest BCUT2D eigenvalue weighted by molar-refractivity contribution is 6.36. The summed E-state index contributed by atoms with van der Waals surface area (Å²) in [6.45, 7) is 6.11. The molecule has 8 rings (SSSR count). The van der Waals surface area contributed by atoms with Gasteiger partial charge in [-0.05, 0) is 68.4 Å². The van der Waals surface area contributed by atoms with Gasteiger partial charge in [0.05, 0.1) is 23.4 Å². The summed E-state index contributed by atoms with van der Waals surface area (Å²) >= 11 is 7.26. The fourth-order valence-electron chi connectivity index (χ4n) is 8.27. The third-order valence-electron chi connectivity index (χ3n) is 11.0. The van der Waals surface area contributed by atoms with E-state index in [4.69, 9.17) is 21.3 Å². The second-order valence-corrected chi connectivity index (χ2v) is 14.4. The lowest BCUT2D eigenvalue weighted by atomic mass is 9.93. The van der Waals surface area contributed by atoms with Crippen LogP contribution in [0.15, 0.2) is 52.1 Å². The van der Waals surface area contributed by atoms with Crippen molar-refractivity contribution in [2.75, 3.05) is 32.1 Å². The normalized spacial score (nSPS) is 19.9. The fraction of sp³-hybridized carbons (Fsp3) is 0.368. The lowest BCUT2D eigenvalue weighted by molar-refractivity contribution is 0.187. The fourth-order valence-corrected chi connectivity index (χ4v) is 8.59. The molecular formula is C38H40ClN9O4. The molecule has 3 N–H and O–H groups in total. The predicted octanol–water partition coefficient (Wildman–Crippen LogP) is 4.91. The van der Waals surface area contributed by atoms with Crippen LogP contribution in [0.3, 0.4) is 0 Å². The summed E-state index contributed by atoms with van der Waals surface area (Å²) in [5.41, 5.74) is 6.32. The second-order valence-electron chi connectivity index (χ2n) is 14.1. The molecule has 0 bridgehead atoms. The number of hydrogen-bond donors (Lipinski definition) is 3. The summed E-state index contributed by atoms with van der Waals surface area (Å²) in [6.07, 6.45) is 3.68. The van der Waals surface area contributed by atoms with Crippen molar-refractivity contribution >= 4 is 40.2 Å². The van der Waals surface area contributed by atoms with Crippen molar-refractivity contribution in [1.82, 2.24) is 39.6 Å². The number of ether oxygens (including phenoxy) is 1. The highest BCUT2D eigenvalue weighted by Crippen LogP contribution is 2.46. The number of rotatable bonds is 6. The van der Waals surface area contributed by atoms with Crippen LogP contribution in [-0.4, -0.2) is 67.3 Å². The molecular weight excluding hydrogens is 682 g/mol. The molecule has 0 unspecified atom stereocenters. The standard InChI is InChI=1S/C38H40ClN9O4/c1-20-23(8-7-11-26(20)43-32-30-33(42-21(2)41-32)46(3)37(51)47(4)35(30)49)24-9-6-10-25(31(24)39)27-18-22-12-13-28(29(22)34(44-27)52-5)48-17-15-38(19-48)14-16-40-36(50)45-38/h6-11,18,28H,12-17,19H2,1-5H3,(H2,40,45,50)(H,41,42,43)/t28-,38+/m0/s1. The van der Waals surface area contributed by atoms with Gasteiger partial charge in [0, 0.05) is 62.1 Å². The number of benzene rings is 2. The number of likely N-dealkylation sites (tertiary alicyclic amines) is 1. The van der Waals surface area contributed by atoms with Crippen LogP contribution < -0.4 is 31.9 Å². The number of nitrogens with one attached hydrogen (secondary N) is 3. The van der Waals surface area contributed by atoms with E-state index in [2.05, 4.69) is 36.9 Å². The largest absolute Gasteiger partial charge is 0.481 e. The first kappa shape index (κ1) is 33.9. The maximum absolute atomic E-state index is 13.3. The Balaban J connectivity index is 1.13. The van der Waals surface area contributed by atoms with E-state index in [1.165, 1.54) is 17.2 Å². The maximum Gasteiger partial charge on any atom is 0.332 e. The summed E-state index contributed by atoms with van der Waals surface area (Å²) in [6, 6.07) is 14.0. The van der Waals surface area contributed by atoms with Crippen molar-refractivity contribution < 1.29 is 9.53 Å². The van der Waals surface area contributed by atoms with Crippen molar-refractivity contribution in [3.8, 4) is 28.3 Å². The molecule has 2 amide bonds. The number of halogens is 1. The average molecular weight is 722 g/mol. The van der Waals surface area contributed by atoms with E-state index in [0.717, 1.165) is 82.5 Å². The molecule has 5 heterocycles. The molecule has 5 aromatic rings. The van der Waals surface area contributed by atoms with E-state index >= 15 is 0 Å². The Hall–Kier alpha value is -5.27. The van der Waals surface area contributed by atoms with Gasteiger partial charge in [0.1, 0.15) is 17.0 Å². The Kier molecular flexibility index (Phi) is 8.30. The number of hydrogen-bond acceptors (Lipinski definition) is 9. The maximum atomic E-state index is 13.3. The minimum atomic E-state index is -0.478. The van der Waals surface area contributed by atoms with Crippen LogP contribution >= 0.6 is 11.6 Å². The van der Waals surface area contributed by atoms with E-state index in [1.54, 1.807) is 21.1 Å². The molecule has 3 aliphatic rings. The molecule has 0 saturated carbocycles. The third-order valence-corrected chi connectivity index (χ3v) is 11.4.